The fourth-order valence-electron chi connectivity index (χ4n) is 9.44. The van der Waals surface area contributed by atoms with Gasteiger partial charge in [0, 0.05) is 70.0 Å². The number of aromatic nitrogens is 4. The van der Waals surface area contributed by atoms with Gasteiger partial charge in [-0.3, -0.25) is 9.11 Å². The molecule has 106 heavy (non-hydrogen) atoms. The number of hydrogen-bond donors (Lipinski definition) is 6. The highest BCUT2D eigenvalue weighted by Gasteiger charge is 2.16. The maximum absolute atomic E-state index is 13.9. The van der Waals surface area contributed by atoms with Gasteiger partial charge in [0.25, 0.3) is 20.2 Å². The van der Waals surface area contributed by atoms with E-state index in [4.69, 9.17) is 50.6 Å². The number of fused-ring (bicyclic) bond motifs is 2. The van der Waals surface area contributed by atoms with Crippen LogP contribution >= 0.6 is 47.2 Å². The highest BCUT2D eigenvalue weighted by molar-refractivity contribution is 14.0. The van der Waals surface area contributed by atoms with Gasteiger partial charge < -0.3 is 50.5 Å². The average molecular weight is 1690 g/mol. The summed E-state index contributed by atoms with van der Waals surface area (Å²) in [6, 6.07) is 54.2. The van der Waals surface area contributed by atoms with Crippen LogP contribution in [0.4, 0.5) is 31.8 Å². The Bertz CT molecular complexity index is 5050. The zero-order valence-corrected chi connectivity index (χ0v) is 63.5. The Morgan fingerprint density at radius 2 is 0.840 bits per heavy atom. The molecule has 24 nitrogen and oxygen atoms in total. The van der Waals surface area contributed by atoms with Gasteiger partial charge in [-0.25, -0.2) is 45.6 Å². The van der Waals surface area contributed by atoms with Crippen molar-refractivity contribution in [1.29, 1.82) is 0 Å². The molecular weight excluding hydrogens is 1610 g/mol. The van der Waals surface area contributed by atoms with Crippen LogP contribution in [0.15, 0.2) is 225 Å². The average Bonchev–Trinajstić information content (AvgIpc) is 1.35. The zero-order chi connectivity index (χ0) is 73.2. The molecule has 33 heteroatoms. The molecule has 10 N–H and O–H groups in total. The van der Waals surface area contributed by atoms with E-state index in [-0.39, 0.29) is 88.5 Å². The van der Waals surface area contributed by atoms with Crippen molar-refractivity contribution in [3.8, 4) is 34.1 Å². The minimum Gasteiger partial charge on any atom is -0.487 e. The van der Waals surface area contributed by atoms with E-state index < -0.39 is 39.9 Å². The van der Waals surface area contributed by atoms with Crippen LogP contribution in [0.25, 0.3) is 44.5 Å². The van der Waals surface area contributed by atoms with E-state index >= 15 is 0 Å². The first-order valence-electron chi connectivity index (χ1n) is 30.9. The largest absolute Gasteiger partial charge is 0.487 e. The van der Waals surface area contributed by atoms with Crippen LogP contribution in [0.3, 0.4) is 0 Å². The number of hydrogen-bond acceptors (Lipinski definition) is 20. The van der Waals surface area contributed by atoms with Crippen molar-refractivity contribution in [3.63, 3.8) is 0 Å². The highest BCUT2D eigenvalue weighted by atomic mass is 127. The first-order chi connectivity index (χ1) is 48.5. The van der Waals surface area contributed by atoms with Crippen LogP contribution in [0.5, 0.6) is 11.5 Å². The Morgan fingerprint density at radius 1 is 0.472 bits per heavy atom. The lowest BCUT2D eigenvalue weighted by atomic mass is 10.1. The number of nitrogens with one attached hydrogen (secondary N) is 4. The first-order valence-corrected chi connectivity index (χ1v) is 38.6. The Hall–Kier alpha value is -9.07. The molecule has 0 aliphatic heterocycles. The summed E-state index contributed by atoms with van der Waals surface area (Å²) in [5.74, 6) is 4.20. The van der Waals surface area contributed by atoms with Crippen molar-refractivity contribution in [1.82, 2.24) is 30.6 Å². The number of rotatable bonds is 24. The molecule has 4 heterocycles. The molecule has 0 unspecified atom stereocenters. The molecule has 0 aliphatic rings. The third-order valence-electron chi connectivity index (χ3n) is 14.8. The van der Waals surface area contributed by atoms with Gasteiger partial charge in [0.1, 0.15) is 103 Å². The summed E-state index contributed by atoms with van der Waals surface area (Å²) >= 11 is 12.9. The monoisotopic (exact) mass is 1680 g/mol. The standard InChI is InChI=1S/2C29H26ClFN4O4S.2C7H8O3S.CH4.HI.2H2O/c2*1-40(36,37)13-12-32-16-22-8-11-27(39-22)19-6-9-26-23(14-19)29(34-18-33-26)35-21-7-10-28(24(30)15-21)38-17-20-4-2-3-5-25(20)31;2*1-6-2-4-7(5-3-6)11(8,9)10;;;;/h2*2-11,14-15,18,32H,12-13,16-17H2,1H3,(H,33,34,35);2*2-5H,1H3,(H,8,9,10);1H4;1H;2*1H2. The Balaban J connectivity index is 0.000000287. The number of aryl methyl sites for hydroxylation is 2. The lowest BCUT2D eigenvalue weighted by molar-refractivity contribution is 0.300. The number of furan rings is 2. The van der Waals surface area contributed by atoms with Crippen molar-refractivity contribution in [3.05, 3.63) is 262 Å². The van der Waals surface area contributed by atoms with E-state index in [2.05, 4.69) is 41.2 Å². The lowest BCUT2D eigenvalue weighted by Gasteiger charge is -2.12. The molecule has 0 fully saturated rings. The predicted molar refractivity (Wildman–Crippen MR) is 420 cm³/mol. The van der Waals surface area contributed by atoms with Crippen molar-refractivity contribution in [2.45, 2.75) is 57.4 Å². The van der Waals surface area contributed by atoms with Crippen LogP contribution in [-0.2, 0) is 66.2 Å². The normalized spacial score (nSPS) is 11.1. The van der Waals surface area contributed by atoms with E-state index in [0.717, 1.165) is 44.1 Å². The molecule has 0 amide bonds. The number of halogens is 5. The van der Waals surface area contributed by atoms with Gasteiger partial charge in [0.2, 0.25) is 0 Å². The SMILES string of the molecule is C.CS(=O)(=O)CCNCc1ccc(-c2ccc3ncnc(Nc4ccc(OCc5ccccc5F)c(Cl)c4)c3c2)o1.CS(=O)(=O)CCNCc1ccc(-c2ccc3ncnc(Nc4ccc(OCc5ccccc5F)c(Cl)c4)c3c2)o1.Cc1ccc(S(=O)(=O)O)cc1.Cc1ccc(S(=O)(=O)O)cc1.I.O.O. The maximum atomic E-state index is 13.9. The number of sulfone groups is 2. The number of nitrogens with zero attached hydrogens (tertiary/aromatic N) is 4. The fourth-order valence-corrected chi connectivity index (χ4v) is 11.9. The van der Waals surface area contributed by atoms with Crippen molar-refractivity contribution in [2.24, 2.45) is 0 Å². The molecule has 0 radical (unpaired) electrons. The molecule has 0 saturated heterocycles. The topological polar surface area (TPSA) is 384 Å². The second-order valence-electron chi connectivity index (χ2n) is 22.9. The Labute approximate surface area is 640 Å². The van der Waals surface area contributed by atoms with Gasteiger partial charge >= 0.3 is 0 Å². The molecule has 4 aromatic heterocycles. The van der Waals surface area contributed by atoms with Crippen LogP contribution < -0.4 is 30.7 Å². The summed E-state index contributed by atoms with van der Waals surface area (Å²) < 4.78 is 155. The van der Waals surface area contributed by atoms with E-state index in [1.54, 1.807) is 97.1 Å². The van der Waals surface area contributed by atoms with Crippen molar-refractivity contribution in [2.75, 3.05) is 47.7 Å². The number of anilines is 4. The van der Waals surface area contributed by atoms with Gasteiger partial charge in [-0.05, 0) is 147 Å². The summed E-state index contributed by atoms with van der Waals surface area (Å²) in [6.07, 6.45) is 5.37. The first kappa shape index (κ1) is 87.6. The minimum absolute atomic E-state index is 0. The number of ether oxygens (including phenoxy) is 2. The molecular formula is C73H77Cl2F2IN8O16S4. The molecule has 0 aliphatic carbocycles. The highest BCUT2D eigenvalue weighted by Crippen LogP contribution is 2.36. The second-order valence-corrected chi connectivity index (χ2v) is 31.1. The third-order valence-corrected chi connectivity index (χ3v) is 19.0. The zero-order valence-electron chi connectivity index (χ0n) is 56.4. The van der Waals surface area contributed by atoms with Crippen LogP contribution in [0.1, 0.15) is 41.2 Å². The fraction of sp³-hybridized carbons (Fsp3) is 0.178. The van der Waals surface area contributed by atoms with Crippen LogP contribution in [0, 0.1) is 25.5 Å². The Kier molecular flexibility index (Phi) is 33.1. The molecule has 0 saturated carbocycles. The molecule has 564 valence electrons. The van der Waals surface area contributed by atoms with Gasteiger partial charge in [-0.15, -0.1) is 24.0 Å². The van der Waals surface area contributed by atoms with Crippen molar-refractivity contribution >= 4 is 132 Å². The van der Waals surface area contributed by atoms with Gasteiger partial charge in [0.15, 0.2) is 0 Å². The van der Waals surface area contributed by atoms with Gasteiger partial charge in [-0.1, -0.05) is 102 Å². The summed E-state index contributed by atoms with van der Waals surface area (Å²) in [5, 5.41) is 15.0. The summed E-state index contributed by atoms with van der Waals surface area (Å²) in [5.41, 5.74) is 7.33. The van der Waals surface area contributed by atoms with Gasteiger partial charge in [0.05, 0.1) is 55.5 Å². The van der Waals surface area contributed by atoms with E-state index in [9.17, 15) is 42.5 Å². The van der Waals surface area contributed by atoms with E-state index in [1.165, 1.54) is 61.6 Å². The van der Waals surface area contributed by atoms with Crippen molar-refractivity contribution < 1.29 is 80.8 Å². The van der Waals surface area contributed by atoms with Crippen LogP contribution in [0.2, 0.25) is 10.0 Å². The maximum Gasteiger partial charge on any atom is 0.294 e. The molecule has 8 aromatic carbocycles. The second kappa shape index (κ2) is 40.0. The molecule has 0 bridgehead atoms. The summed E-state index contributed by atoms with van der Waals surface area (Å²) in [6.45, 7) is 5.33. The smallest absolute Gasteiger partial charge is 0.294 e. The molecule has 12 rings (SSSR count). The minimum atomic E-state index is -4.02. The molecule has 12 aromatic rings. The predicted octanol–water partition coefficient (Wildman–Crippen LogP) is 14.4. The Morgan fingerprint density at radius 3 is 1.18 bits per heavy atom. The van der Waals surface area contributed by atoms with Crippen LogP contribution in [-0.4, -0.2) is 111 Å². The summed E-state index contributed by atoms with van der Waals surface area (Å²) in [7, 11) is -14.1. The quantitative estimate of drug-likeness (QED) is 0.0186. The molecule has 0 spiro atoms. The van der Waals surface area contributed by atoms with E-state index in [1.807, 2.05) is 74.5 Å². The number of benzene rings is 8. The molecule has 0 atom stereocenters. The third kappa shape index (κ3) is 26.8. The lowest BCUT2D eigenvalue weighted by Crippen LogP contribution is -2.21. The van der Waals surface area contributed by atoms with E-state index in [0.29, 0.717) is 105 Å². The summed E-state index contributed by atoms with van der Waals surface area (Å²) in [4.78, 5) is 17.4. The van der Waals surface area contributed by atoms with Gasteiger partial charge in [-0.2, -0.15) is 16.8 Å².